The molecule has 2 rings (SSSR count). The van der Waals surface area contributed by atoms with Gasteiger partial charge < -0.3 is 10.6 Å². The molecule has 15 heavy (non-hydrogen) atoms. The number of imide groups is 2. The van der Waals surface area contributed by atoms with Gasteiger partial charge >= 0.3 is 12.1 Å². The maximum absolute atomic E-state index is 11.2. The molecule has 8 nitrogen and oxygen atoms in total. The summed E-state index contributed by atoms with van der Waals surface area (Å²) >= 11 is 0. The molecule has 0 aromatic rings. The first-order chi connectivity index (χ1) is 7.06. The molecule has 0 bridgehead atoms. The fourth-order valence-electron chi connectivity index (χ4n) is 1.49. The number of hydrogen-bond donors (Lipinski definition) is 4. The Bertz CT molecular complexity index is 336. The molecule has 2 unspecified atom stereocenters. The van der Waals surface area contributed by atoms with Gasteiger partial charge in [-0.3, -0.25) is 20.2 Å². The molecule has 0 saturated carbocycles. The van der Waals surface area contributed by atoms with Crippen LogP contribution in [-0.2, 0) is 9.59 Å². The number of rotatable bonds is 2. The number of amides is 6. The standard InChI is InChI=1S/C6H8N4O4Si/c11-1-3(9-5(13)7-1)15-4-2(12)8-6(14)10-4/h3-4H,15H2,(H2,7,9,11,13)(H2,8,10,12,14). The normalized spacial score (nSPS) is 30.4. The minimum Gasteiger partial charge on any atom is -0.329 e. The highest BCUT2D eigenvalue weighted by Crippen LogP contribution is 1.98. The van der Waals surface area contributed by atoms with Crippen LogP contribution < -0.4 is 21.3 Å². The molecule has 80 valence electrons. The van der Waals surface area contributed by atoms with E-state index in [-0.39, 0.29) is 0 Å². The van der Waals surface area contributed by atoms with E-state index in [4.69, 9.17) is 0 Å². The number of carbonyl (C=O) groups excluding carboxylic acids is 4. The monoisotopic (exact) mass is 228 g/mol. The van der Waals surface area contributed by atoms with E-state index in [1.54, 1.807) is 0 Å². The number of carbonyl (C=O) groups is 4. The van der Waals surface area contributed by atoms with Gasteiger partial charge in [-0.1, -0.05) is 0 Å². The van der Waals surface area contributed by atoms with E-state index in [0.717, 1.165) is 0 Å². The van der Waals surface area contributed by atoms with Crippen LogP contribution in [0.4, 0.5) is 9.59 Å². The molecule has 0 aromatic carbocycles. The Morgan fingerprint density at radius 2 is 1.20 bits per heavy atom. The van der Waals surface area contributed by atoms with Crippen molar-refractivity contribution in [1.29, 1.82) is 0 Å². The van der Waals surface area contributed by atoms with Crippen LogP contribution >= 0.6 is 0 Å². The molecule has 2 saturated heterocycles. The highest BCUT2D eigenvalue weighted by molar-refractivity contribution is 6.54. The van der Waals surface area contributed by atoms with Crippen molar-refractivity contribution in [1.82, 2.24) is 21.3 Å². The van der Waals surface area contributed by atoms with Crippen molar-refractivity contribution in [2.75, 3.05) is 0 Å². The Morgan fingerprint density at radius 1 is 0.800 bits per heavy atom. The average Bonchev–Trinajstić information content (AvgIpc) is 2.58. The first-order valence-corrected chi connectivity index (χ1v) is 5.92. The molecule has 0 radical (unpaired) electrons. The minimum absolute atomic E-state index is 0.430. The third-order valence-electron chi connectivity index (χ3n) is 2.19. The molecule has 0 aliphatic carbocycles. The molecule has 2 aliphatic heterocycles. The number of urea groups is 2. The zero-order valence-corrected chi connectivity index (χ0v) is 8.91. The second-order valence-electron chi connectivity index (χ2n) is 3.27. The molecule has 6 amide bonds. The van der Waals surface area contributed by atoms with Crippen LogP contribution in [0.15, 0.2) is 0 Å². The van der Waals surface area contributed by atoms with Crippen LogP contribution in [0, 0.1) is 0 Å². The van der Waals surface area contributed by atoms with Gasteiger partial charge in [0.05, 0.1) is 20.8 Å². The van der Waals surface area contributed by atoms with Gasteiger partial charge in [-0.25, -0.2) is 9.59 Å². The summed E-state index contributed by atoms with van der Waals surface area (Å²) in [6.07, 6.45) is 0. The lowest BCUT2D eigenvalue weighted by molar-refractivity contribution is -0.118. The van der Waals surface area contributed by atoms with Crippen LogP contribution in [-0.4, -0.2) is 44.7 Å². The van der Waals surface area contributed by atoms with Crippen LogP contribution in [0.2, 0.25) is 0 Å². The molecule has 2 heterocycles. The second-order valence-corrected chi connectivity index (χ2v) is 5.37. The van der Waals surface area contributed by atoms with E-state index in [2.05, 4.69) is 21.3 Å². The summed E-state index contributed by atoms with van der Waals surface area (Å²) in [7, 11) is -1.28. The summed E-state index contributed by atoms with van der Waals surface area (Å²) in [4.78, 5) is 43.9. The van der Waals surface area contributed by atoms with E-state index >= 15 is 0 Å². The summed E-state index contributed by atoms with van der Waals surface area (Å²) in [5.74, 6) is -0.860. The average molecular weight is 228 g/mol. The van der Waals surface area contributed by atoms with Crippen molar-refractivity contribution in [3.05, 3.63) is 0 Å². The highest BCUT2D eigenvalue weighted by Gasteiger charge is 2.38. The zero-order valence-electron chi connectivity index (χ0n) is 7.49. The van der Waals surface area contributed by atoms with Crippen LogP contribution in [0.5, 0.6) is 0 Å². The molecule has 2 atom stereocenters. The van der Waals surface area contributed by atoms with Crippen LogP contribution in [0.25, 0.3) is 0 Å². The predicted octanol–water partition coefficient (Wildman–Crippen LogP) is -3.51. The smallest absolute Gasteiger partial charge is 0.321 e. The van der Waals surface area contributed by atoms with Crippen LogP contribution in [0.3, 0.4) is 0 Å². The Hall–Kier alpha value is -1.90. The quantitative estimate of drug-likeness (QED) is 0.289. The second kappa shape index (κ2) is 3.35. The fraction of sp³-hybridized carbons (Fsp3) is 0.333. The predicted molar refractivity (Wildman–Crippen MR) is 49.5 cm³/mol. The zero-order chi connectivity index (χ0) is 11.0. The molecular weight excluding hydrogens is 220 g/mol. The van der Waals surface area contributed by atoms with Crippen molar-refractivity contribution in [3.8, 4) is 0 Å². The van der Waals surface area contributed by atoms with E-state index < -0.39 is 44.7 Å². The Kier molecular flexibility index (Phi) is 2.15. The maximum Gasteiger partial charge on any atom is 0.321 e. The van der Waals surface area contributed by atoms with Crippen LogP contribution in [0.1, 0.15) is 0 Å². The van der Waals surface area contributed by atoms with E-state index in [0.29, 0.717) is 0 Å². The SMILES string of the molecule is O=C1NC(=O)C([SiH2]C2NC(=O)NC2=O)N1. The van der Waals surface area contributed by atoms with Crippen molar-refractivity contribution < 1.29 is 19.2 Å². The summed E-state index contributed by atoms with van der Waals surface area (Å²) < 4.78 is 0. The fourth-order valence-corrected chi connectivity index (χ4v) is 3.20. The first kappa shape index (κ1) is 9.64. The highest BCUT2D eigenvalue weighted by atomic mass is 28.2. The lowest BCUT2D eigenvalue weighted by atomic mass is 10.6. The number of nitrogens with one attached hydrogen (secondary N) is 4. The van der Waals surface area contributed by atoms with Gasteiger partial charge in [0.15, 0.2) is 0 Å². The Labute approximate surface area is 86.0 Å². The molecule has 4 N–H and O–H groups in total. The molecule has 0 spiro atoms. The summed E-state index contributed by atoms with van der Waals surface area (Å²) in [6.45, 7) is 0. The summed E-state index contributed by atoms with van der Waals surface area (Å²) in [5.41, 5.74) is -1.27. The molecular formula is C6H8N4O4Si. The third-order valence-corrected chi connectivity index (χ3v) is 4.28. The van der Waals surface area contributed by atoms with Crippen molar-refractivity contribution in [2.24, 2.45) is 0 Å². The summed E-state index contributed by atoms with van der Waals surface area (Å²) in [5, 5.41) is 8.93. The number of hydrogen-bond acceptors (Lipinski definition) is 4. The lowest BCUT2D eigenvalue weighted by Gasteiger charge is -2.09. The van der Waals surface area contributed by atoms with Gasteiger partial charge in [-0.05, 0) is 0 Å². The molecule has 9 heteroatoms. The topological polar surface area (TPSA) is 116 Å². The lowest BCUT2D eigenvalue weighted by Crippen LogP contribution is -2.47. The van der Waals surface area contributed by atoms with E-state index in [1.807, 2.05) is 0 Å². The molecule has 0 aromatic heterocycles. The largest absolute Gasteiger partial charge is 0.329 e. The van der Waals surface area contributed by atoms with Crippen molar-refractivity contribution in [3.63, 3.8) is 0 Å². The van der Waals surface area contributed by atoms with E-state index in [1.165, 1.54) is 0 Å². The van der Waals surface area contributed by atoms with Gasteiger partial charge in [0.2, 0.25) is 11.8 Å². The van der Waals surface area contributed by atoms with Crippen molar-refractivity contribution >= 4 is 33.4 Å². The summed E-state index contributed by atoms with van der Waals surface area (Å²) in [6, 6.07) is -1.11. The first-order valence-electron chi connectivity index (χ1n) is 4.29. The van der Waals surface area contributed by atoms with Gasteiger partial charge in [0, 0.05) is 0 Å². The van der Waals surface area contributed by atoms with Gasteiger partial charge in [-0.15, -0.1) is 0 Å². The molecule has 2 fully saturated rings. The van der Waals surface area contributed by atoms with Gasteiger partial charge in [0.1, 0.15) is 0 Å². The van der Waals surface area contributed by atoms with Crippen molar-refractivity contribution in [2.45, 2.75) is 11.3 Å². The van der Waals surface area contributed by atoms with Gasteiger partial charge in [-0.2, -0.15) is 0 Å². The van der Waals surface area contributed by atoms with E-state index in [9.17, 15) is 19.2 Å². The van der Waals surface area contributed by atoms with Gasteiger partial charge in [0.25, 0.3) is 0 Å². The third kappa shape index (κ3) is 1.81. The maximum atomic E-state index is 11.2. The Balaban J connectivity index is 1.98. The Morgan fingerprint density at radius 3 is 1.47 bits per heavy atom. The molecule has 2 aliphatic rings. The minimum atomic E-state index is -1.28.